The van der Waals surface area contributed by atoms with Gasteiger partial charge in [-0.25, -0.2) is 4.39 Å². The molecule has 1 aliphatic rings. The molecule has 33 heavy (non-hydrogen) atoms. The molecule has 0 bridgehead atoms. The Hall–Kier alpha value is -2.72. The van der Waals surface area contributed by atoms with Crippen molar-refractivity contribution >= 4 is 5.78 Å². The molecule has 0 unspecified atom stereocenters. The van der Waals surface area contributed by atoms with E-state index in [1.807, 2.05) is 31.2 Å². The van der Waals surface area contributed by atoms with E-state index in [4.69, 9.17) is 0 Å². The van der Waals surface area contributed by atoms with Crippen LogP contribution in [-0.4, -0.2) is 23.7 Å². The molecular formula is C26H28F4N2O. The maximum Gasteiger partial charge on any atom is 0.407 e. The monoisotopic (exact) mass is 460 g/mol. The van der Waals surface area contributed by atoms with Crippen molar-refractivity contribution in [1.29, 1.82) is 5.26 Å². The zero-order chi connectivity index (χ0) is 24.4. The molecule has 1 saturated carbocycles. The number of Topliss-reactive ketones (excluding diaryl/α,β-unsaturated/α-hetero) is 1. The summed E-state index contributed by atoms with van der Waals surface area (Å²) in [5, 5.41) is 11.7. The predicted octanol–water partition coefficient (Wildman–Crippen LogP) is 6.62. The van der Waals surface area contributed by atoms with Crippen molar-refractivity contribution in [1.82, 2.24) is 5.32 Å². The molecule has 1 N–H and O–H groups in total. The number of benzene rings is 2. The third-order valence-corrected chi connectivity index (χ3v) is 6.01. The molecule has 0 spiro atoms. The normalized spacial score (nSPS) is 17.2. The Morgan fingerprint density at radius 1 is 1.03 bits per heavy atom. The number of nitrogens with one attached hydrogen (secondary N) is 1. The second kappa shape index (κ2) is 9.26. The van der Waals surface area contributed by atoms with Crippen molar-refractivity contribution in [3.8, 4) is 17.2 Å². The summed E-state index contributed by atoms with van der Waals surface area (Å²) < 4.78 is 56.5. The zero-order valence-electron chi connectivity index (χ0n) is 19.0. The molecule has 0 aromatic heterocycles. The first-order chi connectivity index (χ1) is 15.3. The number of carbonyl (C=O) groups is 1. The third kappa shape index (κ3) is 6.64. The zero-order valence-corrected chi connectivity index (χ0v) is 19.0. The lowest BCUT2D eigenvalue weighted by molar-refractivity contribution is -0.161. The number of carbonyl (C=O) groups excluding carboxylic acids is 1. The fourth-order valence-electron chi connectivity index (χ4n) is 3.88. The SMILES string of the molecule is Cc1ccc(-c2ccc([C@H](N[C@@H](CC(C)(C)F)C(=O)CC3(C#N)CC3)C(F)(F)F)cc2)cc1. The molecule has 0 saturated heterocycles. The molecule has 7 heteroatoms. The summed E-state index contributed by atoms with van der Waals surface area (Å²) in [5.74, 6) is -0.565. The molecule has 0 radical (unpaired) electrons. The summed E-state index contributed by atoms with van der Waals surface area (Å²) in [5.41, 5.74) is -0.0194. The van der Waals surface area contributed by atoms with Crippen molar-refractivity contribution in [3.63, 3.8) is 0 Å². The van der Waals surface area contributed by atoms with E-state index in [1.165, 1.54) is 26.0 Å². The summed E-state index contributed by atoms with van der Waals surface area (Å²) in [6, 6.07) is 12.2. The van der Waals surface area contributed by atoms with Crippen molar-refractivity contribution in [2.24, 2.45) is 5.41 Å². The molecule has 2 aromatic carbocycles. The smallest absolute Gasteiger partial charge is 0.298 e. The fourth-order valence-corrected chi connectivity index (χ4v) is 3.88. The molecule has 1 aliphatic carbocycles. The van der Waals surface area contributed by atoms with E-state index >= 15 is 0 Å². The fraction of sp³-hybridized carbons (Fsp3) is 0.462. The van der Waals surface area contributed by atoms with E-state index in [0.717, 1.165) is 16.7 Å². The Balaban J connectivity index is 1.86. The molecule has 2 atom stereocenters. The molecule has 0 aliphatic heterocycles. The quantitative estimate of drug-likeness (QED) is 0.428. The van der Waals surface area contributed by atoms with Gasteiger partial charge in [-0.15, -0.1) is 0 Å². The first kappa shape index (κ1) is 24.9. The molecule has 2 aromatic rings. The van der Waals surface area contributed by atoms with Crippen LogP contribution in [0.25, 0.3) is 11.1 Å². The number of hydrogen-bond donors (Lipinski definition) is 1. The van der Waals surface area contributed by atoms with Crippen molar-refractivity contribution in [3.05, 3.63) is 59.7 Å². The van der Waals surface area contributed by atoms with Gasteiger partial charge in [-0.05, 0) is 50.3 Å². The highest BCUT2D eigenvalue weighted by Gasteiger charge is 2.48. The average molecular weight is 461 g/mol. The van der Waals surface area contributed by atoms with E-state index in [0.29, 0.717) is 12.8 Å². The number of halogens is 4. The van der Waals surface area contributed by atoms with E-state index in [1.54, 1.807) is 12.1 Å². The van der Waals surface area contributed by atoms with Crippen LogP contribution in [0.5, 0.6) is 0 Å². The van der Waals surface area contributed by atoms with Gasteiger partial charge in [0.15, 0.2) is 5.78 Å². The summed E-state index contributed by atoms with van der Waals surface area (Å²) in [6.45, 7) is 4.40. The van der Waals surface area contributed by atoms with Crippen LogP contribution >= 0.6 is 0 Å². The van der Waals surface area contributed by atoms with Crippen LogP contribution in [0, 0.1) is 23.7 Å². The highest BCUT2D eigenvalue weighted by atomic mass is 19.4. The van der Waals surface area contributed by atoms with E-state index < -0.39 is 41.5 Å². The highest BCUT2D eigenvalue weighted by molar-refractivity contribution is 5.85. The van der Waals surface area contributed by atoms with Gasteiger partial charge < -0.3 is 0 Å². The second-order valence-electron chi connectivity index (χ2n) is 9.64. The highest BCUT2D eigenvalue weighted by Crippen LogP contribution is 2.48. The lowest BCUT2D eigenvalue weighted by Crippen LogP contribution is -2.47. The summed E-state index contributed by atoms with van der Waals surface area (Å²) in [4.78, 5) is 12.8. The third-order valence-electron chi connectivity index (χ3n) is 6.01. The van der Waals surface area contributed by atoms with Crippen molar-refractivity contribution in [2.45, 2.75) is 70.4 Å². The van der Waals surface area contributed by atoms with Gasteiger partial charge in [0.2, 0.25) is 0 Å². The van der Waals surface area contributed by atoms with Gasteiger partial charge in [0, 0.05) is 12.8 Å². The number of hydrogen-bond acceptors (Lipinski definition) is 3. The van der Waals surface area contributed by atoms with Crippen LogP contribution < -0.4 is 5.32 Å². The first-order valence-corrected chi connectivity index (χ1v) is 10.9. The Morgan fingerprint density at radius 3 is 1.97 bits per heavy atom. The molecule has 0 amide bonds. The lowest BCUT2D eigenvalue weighted by atomic mass is 9.90. The number of alkyl halides is 4. The topological polar surface area (TPSA) is 52.9 Å². The van der Waals surface area contributed by atoms with Gasteiger partial charge in [0.25, 0.3) is 0 Å². The number of nitriles is 1. The Labute approximate surface area is 191 Å². The van der Waals surface area contributed by atoms with Crippen LogP contribution in [0.3, 0.4) is 0 Å². The first-order valence-electron chi connectivity index (χ1n) is 10.9. The molecule has 3 rings (SSSR count). The van der Waals surface area contributed by atoms with Crippen LogP contribution in [0.2, 0.25) is 0 Å². The van der Waals surface area contributed by atoms with E-state index in [2.05, 4.69) is 11.4 Å². The maximum atomic E-state index is 14.4. The number of ketones is 1. The summed E-state index contributed by atoms with van der Waals surface area (Å²) in [6.07, 6.45) is -4.22. The second-order valence-corrected chi connectivity index (χ2v) is 9.64. The molecule has 176 valence electrons. The maximum absolute atomic E-state index is 14.4. The lowest BCUT2D eigenvalue weighted by Gasteiger charge is -2.30. The van der Waals surface area contributed by atoms with Gasteiger partial charge in [-0.2, -0.15) is 18.4 Å². The minimum absolute atomic E-state index is 0.0609. The number of nitrogens with zero attached hydrogens (tertiary/aromatic N) is 1. The average Bonchev–Trinajstić information content (AvgIpc) is 3.50. The molecule has 3 nitrogen and oxygen atoms in total. The Kier molecular flexibility index (Phi) is 6.99. The van der Waals surface area contributed by atoms with Crippen molar-refractivity contribution in [2.75, 3.05) is 0 Å². The van der Waals surface area contributed by atoms with Gasteiger partial charge >= 0.3 is 6.18 Å². The Morgan fingerprint density at radius 2 is 1.55 bits per heavy atom. The van der Waals surface area contributed by atoms with Gasteiger partial charge in [-0.3, -0.25) is 10.1 Å². The summed E-state index contributed by atoms with van der Waals surface area (Å²) >= 11 is 0. The van der Waals surface area contributed by atoms with Crippen LogP contribution in [-0.2, 0) is 4.79 Å². The molecule has 0 heterocycles. The van der Waals surface area contributed by atoms with Crippen LogP contribution in [0.4, 0.5) is 17.6 Å². The predicted molar refractivity (Wildman–Crippen MR) is 119 cm³/mol. The number of aryl methyl sites for hydroxylation is 1. The minimum Gasteiger partial charge on any atom is -0.298 e. The van der Waals surface area contributed by atoms with Crippen molar-refractivity contribution < 1.29 is 22.4 Å². The van der Waals surface area contributed by atoms with Crippen LogP contribution in [0.15, 0.2) is 48.5 Å². The van der Waals surface area contributed by atoms with E-state index in [9.17, 15) is 27.6 Å². The largest absolute Gasteiger partial charge is 0.407 e. The van der Waals surface area contributed by atoms with E-state index in [-0.39, 0.29) is 12.0 Å². The standard InChI is InChI=1S/C26H28F4N2O/c1-17-4-6-18(7-5-17)19-8-10-20(11-9-19)23(26(28,29)30)32-21(14-24(2,3)27)22(33)15-25(16-31)12-13-25/h4-11,21,23,32H,12-15H2,1-3H3/t21-,23-/m0/s1. The van der Waals surface area contributed by atoms with Gasteiger partial charge in [0.1, 0.15) is 11.7 Å². The molecule has 1 fully saturated rings. The minimum atomic E-state index is -4.70. The van der Waals surface area contributed by atoms with Crippen LogP contribution in [0.1, 0.15) is 56.7 Å². The van der Waals surface area contributed by atoms with Gasteiger partial charge in [-0.1, -0.05) is 54.1 Å². The van der Waals surface area contributed by atoms with Gasteiger partial charge in [0.05, 0.1) is 17.5 Å². The Bertz CT molecular complexity index is 1010. The molecular weight excluding hydrogens is 432 g/mol. The summed E-state index contributed by atoms with van der Waals surface area (Å²) in [7, 11) is 0. The number of rotatable bonds is 9.